The molecule has 2 unspecified atom stereocenters. The van der Waals surface area contributed by atoms with Gasteiger partial charge < -0.3 is 0 Å². The van der Waals surface area contributed by atoms with Crippen molar-refractivity contribution >= 4 is 6.29 Å². The molecule has 0 N–H and O–H groups in total. The molecular weight excluding hydrogens is 191 g/mol. The van der Waals surface area contributed by atoms with Gasteiger partial charge in [0.1, 0.15) is 12.5 Å². The van der Waals surface area contributed by atoms with E-state index in [1.54, 1.807) is 6.07 Å². The SMILES string of the molecule is O=Cc1cccc(C2CCCCC2F)c1. The monoisotopic (exact) mass is 206 g/mol. The summed E-state index contributed by atoms with van der Waals surface area (Å²) in [7, 11) is 0. The van der Waals surface area contributed by atoms with E-state index in [2.05, 4.69) is 0 Å². The summed E-state index contributed by atoms with van der Waals surface area (Å²) in [4.78, 5) is 10.6. The molecule has 0 aromatic heterocycles. The zero-order chi connectivity index (χ0) is 10.7. The minimum absolute atomic E-state index is 0.00125. The van der Waals surface area contributed by atoms with Crippen LogP contribution in [0.4, 0.5) is 4.39 Å². The fourth-order valence-electron chi connectivity index (χ4n) is 2.32. The van der Waals surface area contributed by atoms with Gasteiger partial charge in [-0.25, -0.2) is 4.39 Å². The molecule has 80 valence electrons. The standard InChI is InChI=1S/C13H15FO/c14-13-7-2-1-6-12(13)11-5-3-4-10(8-11)9-15/h3-5,8-9,12-13H,1-2,6-7H2. The lowest BCUT2D eigenvalue weighted by atomic mass is 9.82. The van der Waals surface area contributed by atoms with Crippen molar-refractivity contribution in [1.29, 1.82) is 0 Å². The Morgan fingerprint density at radius 2 is 2.07 bits per heavy atom. The molecular formula is C13H15FO. The Labute approximate surface area is 89.3 Å². The van der Waals surface area contributed by atoms with E-state index < -0.39 is 6.17 Å². The van der Waals surface area contributed by atoms with E-state index in [4.69, 9.17) is 0 Å². The first-order valence-corrected chi connectivity index (χ1v) is 5.50. The maximum Gasteiger partial charge on any atom is 0.150 e. The van der Waals surface area contributed by atoms with Gasteiger partial charge in [-0.15, -0.1) is 0 Å². The van der Waals surface area contributed by atoms with E-state index in [0.717, 1.165) is 31.1 Å². The van der Waals surface area contributed by atoms with Crippen LogP contribution in [0.3, 0.4) is 0 Å². The van der Waals surface area contributed by atoms with Crippen LogP contribution >= 0.6 is 0 Å². The van der Waals surface area contributed by atoms with Crippen LogP contribution in [0.15, 0.2) is 24.3 Å². The van der Waals surface area contributed by atoms with Gasteiger partial charge >= 0.3 is 0 Å². The average Bonchev–Trinajstić information content (AvgIpc) is 2.30. The van der Waals surface area contributed by atoms with Crippen molar-refractivity contribution in [3.8, 4) is 0 Å². The number of aldehydes is 1. The van der Waals surface area contributed by atoms with Crippen molar-refractivity contribution in [2.45, 2.75) is 37.8 Å². The van der Waals surface area contributed by atoms with Crippen molar-refractivity contribution in [3.05, 3.63) is 35.4 Å². The molecule has 1 saturated carbocycles. The van der Waals surface area contributed by atoms with Gasteiger partial charge in [0.25, 0.3) is 0 Å². The molecule has 1 fully saturated rings. The van der Waals surface area contributed by atoms with Gasteiger partial charge in [-0.2, -0.15) is 0 Å². The molecule has 0 spiro atoms. The Hall–Kier alpha value is -1.18. The number of benzene rings is 1. The third-order valence-electron chi connectivity index (χ3n) is 3.16. The molecule has 1 aromatic carbocycles. The molecule has 2 rings (SSSR count). The number of hydrogen-bond donors (Lipinski definition) is 0. The molecule has 0 saturated heterocycles. The summed E-state index contributed by atoms with van der Waals surface area (Å²) >= 11 is 0. The smallest absolute Gasteiger partial charge is 0.150 e. The molecule has 0 aliphatic heterocycles. The van der Waals surface area contributed by atoms with Crippen molar-refractivity contribution in [2.24, 2.45) is 0 Å². The van der Waals surface area contributed by atoms with Crippen LogP contribution in [0.1, 0.15) is 47.5 Å². The fraction of sp³-hybridized carbons (Fsp3) is 0.462. The lowest BCUT2D eigenvalue weighted by Gasteiger charge is -2.26. The highest BCUT2D eigenvalue weighted by atomic mass is 19.1. The van der Waals surface area contributed by atoms with E-state index in [1.165, 1.54) is 0 Å². The average molecular weight is 206 g/mol. The number of halogens is 1. The van der Waals surface area contributed by atoms with Crippen LogP contribution in [0.5, 0.6) is 0 Å². The second-order valence-electron chi connectivity index (χ2n) is 4.19. The Bertz CT molecular complexity index is 348. The van der Waals surface area contributed by atoms with Crippen molar-refractivity contribution in [2.75, 3.05) is 0 Å². The summed E-state index contributed by atoms with van der Waals surface area (Å²) < 4.78 is 13.7. The molecule has 1 nitrogen and oxygen atoms in total. The third kappa shape index (κ3) is 2.25. The van der Waals surface area contributed by atoms with Gasteiger partial charge in [0, 0.05) is 11.5 Å². The van der Waals surface area contributed by atoms with Gasteiger partial charge in [-0.05, 0) is 24.5 Å². The van der Waals surface area contributed by atoms with Crippen LogP contribution in [0.2, 0.25) is 0 Å². The predicted molar refractivity (Wildman–Crippen MR) is 57.9 cm³/mol. The Balaban J connectivity index is 2.23. The molecule has 0 heterocycles. The van der Waals surface area contributed by atoms with Crippen LogP contribution in [0, 0.1) is 0 Å². The largest absolute Gasteiger partial charge is 0.298 e. The molecule has 1 aromatic rings. The molecule has 0 amide bonds. The first-order chi connectivity index (χ1) is 7.31. The van der Waals surface area contributed by atoms with E-state index in [0.29, 0.717) is 12.0 Å². The first-order valence-electron chi connectivity index (χ1n) is 5.50. The molecule has 0 radical (unpaired) electrons. The van der Waals surface area contributed by atoms with Crippen LogP contribution < -0.4 is 0 Å². The van der Waals surface area contributed by atoms with Crippen LogP contribution in [-0.2, 0) is 0 Å². The van der Waals surface area contributed by atoms with E-state index in [-0.39, 0.29) is 5.92 Å². The molecule has 15 heavy (non-hydrogen) atoms. The second kappa shape index (κ2) is 4.56. The quantitative estimate of drug-likeness (QED) is 0.677. The highest BCUT2D eigenvalue weighted by molar-refractivity contribution is 5.75. The molecule has 2 atom stereocenters. The van der Waals surface area contributed by atoms with Gasteiger partial charge in [0.05, 0.1) is 0 Å². The third-order valence-corrected chi connectivity index (χ3v) is 3.16. The first kappa shape index (κ1) is 10.3. The zero-order valence-corrected chi connectivity index (χ0v) is 8.66. The maximum atomic E-state index is 13.7. The number of carbonyl (C=O) groups excluding carboxylic acids is 1. The zero-order valence-electron chi connectivity index (χ0n) is 8.66. The van der Waals surface area contributed by atoms with E-state index in [1.807, 2.05) is 18.2 Å². The molecule has 0 bridgehead atoms. The molecule has 1 aliphatic carbocycles. The minimum atomic E-state index is -0.736. The van der Waals surface area contributed by atoms with Gasteiger partial charge in [-0.3, -0.25) is 4.79 Å². The summed E-state index contributed by atoms with van der Waals surface area (Å²) in [6.45, 7) is 0. The predicted octanol–water partition coefficient (Wildman–Crippen LogP) is 3.49. The number of alkyl halides is 1. The van der Waals surface area contributed by atoms with E-state index in [9.17, 15) is 9.18 Å². The van der Waals surface area contributed by atoms with Crippen molar-refractivity contribution in [1.82, 2.24) is 0 Å². The molecule has 2 heteroatoms. The maximum absolute atomic E-state index is 13.7. The second-order valence-corrected chi connectivity index (χ2v) is 4.19. The fourth-order valence-corrected chi connectivity index (χ4v) is 2.32. The van der Waals surface area contributed by atoms with Crippen LogP contribution in [-0.4, -0.2) is 12.5 Å². The van der Waals surface area contributed by atoms with Gasteiger partial charge in [0.2, 0.25) is 0 Å². The lowest BCUT2D eigenvalue weighted by molar-refractivity contribution is 0.112. The summed E-state index contributed by atoms with van der Waals surface area (Å²) in [6.07, 6.45) is 3.74. The summed E-state index contributed by atoms with van der Waals surface area (Å²) in [5, 5.41) is 0. The van der Waals surface area contributed by atoms with Crippen LogP contribution in [0.25, 0.3) is 0 Å². The number of hydrogen-bond acceptors (Lipinski definition) is 1. The van der Waals surface area contributed by atoms with Gasteiger partial charge in [-0.1, -0.05) is 31.0 Å². The minimum Gasteiger partial charge on any atom is -0.298 e. The van der Waals surface area contributed by atoms with E-state index >= 15 is 0 Å². The Kier molecular flexibility index (Phi) is 3.14. The summed E-state index contributed by atoms with van der Waals surface area (Å²) in [5.74, 6) is -0.00125. The summed E-state index contributed by atoms with van der Waals surface area (Å²) in [5.41, 5.74) is 1.62. The van der Waals surface area contributed by atoms with Crippen molar-refractivity contribution < 1.29 is 9.18 Å². The topological polar surface area (TPSA) is 17.1 Å². The Morgan fingerprint density at radius 3 is 2.80 bits per heavy atom. The summed E-state index contributed by atoms with van der Waals surface area (Å²) in [6, 6.07) is 7.33. The van der Waals surface area contributed by atoms with Gasteiger partial charge in [0.15, 0.2) is 0 Å². The number of rotatable bonds is 2. The lowest BCUT2D eigenvalue weighted by Crippen LogP contribution is -2.18. The highest BCUT2D eigenvalue weighted by Gasteiger charge is 2.25. The Morgan fingerprint density at radius 1 is 1.27 bits per heavy atom. The number of carbonyl (C=O) groups is 1. The molecule has 1 aliphatic rings. The van der Waals surface area contributed by atoms with Crippen molar-refractivity contribution in [3.63, 3.8) is 0 Å². The highest BCUT2D eigenvalue weighted by Crippen LogP contribution is 2.35. The normalized spacial score (nSPS) is 26.2.